The second kappa shape index (κ2) is 10.1. The molecule has 5 nitrogen and oxygen atoms in total. The Balaban J connectivity index is 4.30. The molecule has 0 aromatic carbocycles. The lowest BCUT2D eigenvalue weighted by atomic mass is 9.94. The number of nitrogens with two attached hydrogens (primary N) is 1. The Bertz CT molecular complexity index is 274. The molecule has 0 bridgehead atoms. The van der Waals surface area contributed by atoms with E-state index >= 15 is 0 Å². The van der Waals surface area contributed by atoms with Crippen LogP contribution in [0, 0.1) is 0 Å². The summed E-state index contributed by atoms with van der Waals surface area (Å²) in [7, 11) is 1.73. The normalized spacial score (nSPS) is 16.1. The van der Waals surface area contributed by atoms with Crippen molar-refractivity contribution in [2.24, 2.45) is 5.73 Å². The number of hydrogen-bond acceptors (Lipinski definition) is 4. The number of methoxy groups -OCH3 is 1. The maximum Gasteiger partial charge on any atom is 0.237 e. The second-order valence-corrected chi connectivity index (χ2v) is 5.66. The molecule has 0 aliphatic heterocycles. The van der Waals surface area contributed by atoms with Gasteiger partial charge in [0.25, 0.3) is 0 Å². The number of nitrogens with one attached hydrogen (secondary N) is 1. The number of likely N-dealkylation sites (N-methyl/N-ethyl adjacent to an activating group) is 1. The van der Waals surface area contributed by atoms with E-state index in [1.54, 1.807) is 7.11 Å². The topological polar surface area (TPSA) is 67.6 Å². The van der Waals surface area contributed by atoms with E-state index in [1.165, 1.54) is 0 Å². The number of rotatable bonds is 12. The van der Waals surface area contributed by atoms with Gasteiger partial charge in [-0.1, -0.05) is 13.8 Å². The lowest BCUT2D eigenvalue weighted by Gasteiger charge is -2.31. The number of amides is 1. The molecule has 0 aliphatic carbocycles. The number of carbonyl (C=O) groups excluding carboxylic acids is 1. The second-order valence-electron chi connectivity index (χ2n) is 5.66. The molecule has 20 heavy (non-hydrogen) atoms. The Hall–Kier alpha value is -0.650. The predicted molar refractivity (Wildman–Crippen MR) is 83.7 cm³/mol. The van der Waals surface area contributed by atoms with Crippen LogP contribution in [0.25, 0.3) is 0 Å². The summed E-state index contributed by atoms with van der Waals surface area (Å²) >= 11 is 0. The molecule has 0 aromatic rings. The van der Waals surface area contributed by atoms with Gasteiger partial charge in [0.15, 0.2) is 0 Å². The summed E-state index contributed by atoms with van der Waals surface area (Å²) < 4.78 is 5.20. The molecule has 3 N–H and O–H groups in total. The largest absolute Gasteiger partial charge is 0.383 e. The quantitative estimate of drug-likeness (QED) is 0.569. The molecule has 0 aromatic heterocycles. The molecule has 0 rings (SSSR count). The van der Waals surface area contributed by atoms with Crippen molar-refractivity contribution in [3.8, 4) is 0 Å². The van der Waals surface area contributed by atoms with Gasteiger partial charge < -0.3 is 15.8 Å². The Morgan fingerprint density at radius 3 is 2.55 bits per heavy atom. The van der Waals surface area contributed by atoms with Crippen molar-refractivity contribution in [1.29, 1.82) is 0 Å². The number of carbonyl (C=O) groups is 1. The smallest absolute Gasteiger partial charge is 0.237 e. The van der Waals surface area contributed by atoms with Gasteiger partial charge in [-0.3, -0.25) is 9.69 Å². The molecule has 5 heteroatoms. The van der Waals surface area contributed by atoms with Gasteiger partial charge in [0.2, 0.25) is 5.91 Å². The van der Waals surface area contributed by atoms with Crippen molar-refractivity contribution in [2.45, 2.75) is 58.5 Å². The monoisotopic (exact) mass is 287 g/mol. The molecular formula is C15H33N3O2. The molecule has 0 radical (unpaired) electrons. The summed E-state index contributed by atoms with van der Waals surface area (Å²) in [5.74, 6) is -0.265. The first kappa shape index (κ1) is 19.4. The Morgan fingerprint density at radius 1 is 1.45 bits per heavy atom. The first-order valence-electron chi connectivity index (χ1n) is 7.69. The van der Waals surface area contributed by atoms with Gasteiger partial charge in [0, 0.05) is 13.2 Å². The fourth-order valence-corrected chi connectivity index (χ4v) is 2.37. The highest BCUT2D eigenvalue weighted by Gasteiger charge is 2.29. The predicted octanol–water partition coefficient (Wildman–Crippen LogP) is 1.37. The van der Waals surface area contributed by atoms with Crippen molar-refractivity contribution >= 4 is 5.91 Å². The third-order valence-electron chi connectivity index (χ3n) is 3.87. The van der Waals surface area contributed by atoms with Gasteiger partial charge in [-0.25, -0.2) is 0 Å². The van der Waals surface area contributed by atoms with E-state index in [-0.39, 0.29) is 5.91 Å². The highest BCUT2D eigenvalue weighted by atomic mass is 16.5. The van der Waals surface area contributed by atoms with Crippen LogP contribution >= 0.6 is 0 Å². The van der Waals surface area contributed by atoms with Gasteiger partial charge in [-0.2, -0.15) is 0 Å². The molecular weight excluding hydrogens is 254 g/mol. The fraction of sp³-hybridized carbons (Fsp3) is 0.933. The third-order valence-corrected chi connectivity index (χ3v) is 3.87. The summed E-state index contributed by atoms with van der Waals surface area (Å²) in [5, 5.41) is 3.27. The fourth-order valence-electron chi connectivity index (χ4n) is 2.37. The zero-order chi connectivity index (χ0) is 15.6. The molecule has 0 fully saturated rings. The first-order chi connectivity index (χ1) is 9.41. The maximum atomic E-state index is 11.6. The highest BCUT2D eigenvalue weighted by molar-refractivity contribution is 5.84. The summed E-state index contributed by atoms with van der Waals surface area (Å²) in [5.41, 5.74) is 4.94. The SMILES string of the molecule is CCCNC(C)(CCCN(CC)C(C)COC)C(N)=O. The molecule has 2 unspecified atom stereocenters. The van der Waals surface area contributed by atoms with Crippen LogP contribution in [0.1, 0.15) is 47.0 Å². The van der Waals surface area contributed by atoms with Crippen LogP contribution in [0.3, 0.4) is 0 Å². The average molecular weight is 287 g/mol. The van der Waals surface area contributed by atoms with E-state index in [2.05, 4.69) is 31.0 Å². The minimum atomic E-state index is -0.597. The molecule has 2 atom stereocenters. The van der Waals surface area contributed by atoms with Crippen LogP contribution in [0.15, 0.2) is 0 Å². The van der Waals surface area contributed by atoms with Crippen LogP contribution in [0.5, 0.6) is 0 Å². The highest BCUT2D eigenvalue weighted by Crippen LogP contribution is 2.13. The molecule has 0 heterocycles. The average Bonchev–Trinajstić information content (AvgIpc) is 2.41. The summed E-state index contributed by atoms with van der Waals surface area (Å²) in [6.07, 6.45) is 2.70. The molecule has 0 saturated heterocycles. The van der Waals surface area contributed by atoms with E-state index in [0.29, 0.717) is 6.04 Å². The van der Waals surface area contributed by atoms with Gasteiger partial charge in [-0.05, 0) is 52.7 Å². The van der Waals surface area contributed by atoms with Crippen molar-refractivity contribution < 1.29 is 9.53 Å². The summed E-state index contributed by atoms with van der Waals surface area (Å²) in [6, 6.07) is 0.397. The zero-order valence-corrected chi connectivity index (χ0v) is 13.9. The van der Waals surface area contributed by atoms with E-state index < -0.39 is 5.54 Å². The van der Waals surface area contributed by atoms with Crippen LogP contribution in [-0.2, 0) is 9.53 Å². The van der Waals surface area contributed by atoms with Gasteiger partial charge in [-0.15, -0.1) is 0 Å². The van der Waals surface area contributed by atoms with Crippen molar-refractivity contribution in [2.75, 3.05) is 33.4 Å². The zero-order valence-electron chi connectivity index (χ0n) is 13.9. The van der Waals surface area contributed by atoms with Gasteiger partial charge >= 0.3 is 0 Å². The van der Waals surface area contributed by atoms with Gasteiger partial charge in [0.1, 0.15) is 0 Å². The van der Waals surface area contributed by atoms with E-state index in [9.17, 15) is 4.79 Å². The van der Waals surface area contributed by atoms with Gasteiger partial charge in [0.05, 0.1) is 12.1 Å². The maximum absolute atomic E-state index is 11.6. The van der Waals surface area contributed by atoms with E-state index in [0.717, 1.165) is 45.5 Å². The summed E-state index contributed by atoms with van der Waals surface area (Å²) in [6.45, 7) is 11.8. The minimum Gasteiger partial charge on any atom is -0.383 e. The third kappa shape index (κ3) is 6.68. The van der Waals surface area contributed by atoms with Crippen molar-refractivity contribution in [3.63, 3.8) is 0 Å². The molecule has 120 valence electrons. The van der Waals surface area contributed by atoms with E-state index in [1.807, 2.05) is 6.92 Å². The standard InChI is InChI=1S/C15H33N3O2/c1-6-10-17-15(4,14(16)19)9-8-11-18(7-2)13(3)12-20-5/h13,17H,6-12H2,1-5H3,(H2,16,19). The van der Waals surface area contributed by atoms with Crippen LogP contribution in [-0.4, -0.2) is 55.7 Å². The molecule has 0 aliphatic rings. The Kier molecular flexibility index (Phi) is 9.80. The van der Waals surface area contributed by atoms with Crippen LogP contribution in [0.4, 0.5) is 0 Å². The Morgan fingerprint density at radius 2 is 2.10 bits per heavy atom. The van der Waals surface area contributed by atoms with Crippen LogP contribution in [0.2, 0.25) is 0 Å². The van der Waals surface area contributed by atoms with Crippen LogP contribution < -0.4 is 11.1 Å². The number of ether oxygens (including phenoxy) is 1. The van der Waals surface area contributed by atoms with E-state index in [4.69, 9.17) is 10.5 Å². The number of primary amides is 1. The minimum absolute atomic E-state index is 0.265. The van der Waals surface area contributed by atoms with Crippen molar-refractivity contribution in [3.05, 3.63) is 0 Å². The molecule has 1 amide bonds. The lowest BCUT2D eigenvalue weighted by Crippen LogP contribution is -2.53. The van der Waals surface area contributed by atoms with Crippen molar-refractivity contribution in [1.82, 2.24) is 10.2 Å². The number of nitrogens with zero attached hydrogens (tertiary/aromatic N) is 1. The molecule has 0 saturated carbocycles. The lowest BCUT2D eigenvalue weighted by molar-refractivity contribution is -0.124. The summed E-state index contributed by atoms with van der Waals surface area (Å²) in [4.78, 5) is 14.0. The molecule has 0 spiro atoms. The number of hydrogen-bond donors (Lipinski definition) is 2. The first-order valence-corrected chi connectivity index (χ1v) is 7.69. The Labute approximate surface area is 124 Å².